The number of nitrogens with two attached hydrogens (primary N) is 2. The van der Waals surface area contributed by atoms with Crippen molar-refractivity contribution in [3.8, 4) is 0 Å². The number of aromatic nitrogens is 1. The van der Waals surface area contributed by atoms with Crippen molar-refractivity contribution in [1.82, 2.24) is 20.1 Å². The number of halogens is 2. The van der Waals surface area contributed by atoms with Crippen LogP contribution in [0.1, 0.15) is 61.8 Å². The molecule has 217 valence electrons. The Morgan fingerprint density at radius 2 is 1.92 bits per heavy atom. The zero-order valence-electron chi connectivity index (χ0n) is 24.2. The first-order chi connectivity index (χ1) is 18.3. The van der Waals surface area contributed by atoms with Crippen LogP contribution in [0.25, 0.3) is 0 Å². The quantitative estimate of drug-likeness (QED) is 0.171. The van der Waals surface area contributed by atoms with Gasteiger partial charge < -0.3 is 11.5 Å². The summed E-state index contributed by atoms with van der Waals surface area (Å²) in [6.45, 7) is 18.2. The molecule has 2 atom stereocenters. The van der Waals surface area contributed by atoms with Gasteiger partial charge in [0.2, 0.25) is 0 Å². The van der Waals surface area contributed by atoms with Gasteiger partial charge in [-0.1, -0.05) is 0 Å². The van der Waals surface area contributed by atoms with Crippen molar-refractivity contribution in [3.05, 3.63) is 42.2 Å². The van der Waals surface area contributed by atoms with Gasteiger partial charge in [-0.15, -0.1) is 13.2 Å². The minimum absolute atomic E-state index is 0.0986. The number of hydrogen-bond donors (Lipinski definition) is 3. The molecule has 0 bridgehead atoms. The fourth-order valence-electron chi connectivity index (χ4n) is 5.39. The standard InChI is InChI=1S/C26H44F2N5.C2H4.CH5N.Pb/c1-21-16-22(2)25(31-17-21)20-33(13-4-3-11-29)19-24-18-32(15-12-30-24)14-5-6-23-7-9-26(27,28)10-8-23;2*1-2;/h6,16-17,23-24,30H,3-5,7-15,18-20,29H2,1-2H3;1-2H2;2H2,1H3;. The van der Waals surface area contributed by atoms with Crippen molar-refractivity contribution >= 4 is 25.8 Å². The van der Waals surface area contributed by atoms with Gasteiger partial charge in [0.05, 0.1) is 0 Å². The summed E-state index contributed by atoms with van der Waals surface area (Å²) in [6.07, 6.45) is 6.94. The molecule has 6 nitrogen and oxygen atoms in total. The summed E-state index contributed by atoms with van der Waals surface area (Å²) in [5.41, 5.74) is 13.9. The van der Waals surface area contributed by atoms with Gasteiger partial charge in [-0.2, -0.15) is 0 Å². The second kappa shape index (κ2) is 19.5. The summed E-state index contributed by atoms with van der Waals surface area (Å²) in [7, 11) is 1.50. The molecule has 3 rings (SSSR count). The molecule has 1 aliphatic carbocycles. The van der Waals surface area contributed by atoms with Crippen LogP contribution in [0, 0.1) is 19.8 Å². The van der Waals surface area contributed by atoms with Gasteiger partial charge in [0.15, 0.2) is 0 Å². The fraction of sp³-hybridized carbons (Fsp3) is 0.759. The van der Waals surface area contributed by atoms with Gasteiger partial charge in [0.1, 0.15) is 0 Å². The Hall–Kier alpha value is -0.528. The van der Waals surface area contributed by atoms with Crippen molar-refractivity contribution in [2.75, 3.05) is 52.9 Å². The van der Waals surface area contributed by atoms with Crippen LogP contribution >= 0.6 is 0 Å². The molecule has 1 aromatic heterocycles. The fourth-order valence-corrected chi connectivity index (χ4v) is 7.19. The molecule has 2 unspecified atom stereocenters. The van der Waals surface area contributed by atoms with Gasteiger partial charge in [-0.05, 0) is 19.5 Å². The van der Waals surface area contributed by atoms with E-state index in [1.807, 2.05) is 6.20 Å². The topological polar surface area (TPSA) is 83.4 Å². The van der Waals surface area contributed by atoms with Gasteiger partial charge in [0.25, 0.3) is 0 Å². The van der Waals surface area contributed by atoms with E-state index in [4.69, 9.17) is 10.7 Å². The van der Waals surface area contributed by atoms with Crippen LogP contribution in [-0.2, 0) is 6.54 Å². The van der Waals surface area contributed by atoms with E-state index in [0.29, 0.717) is 15.4 Å². The Kier molecular flexibility index (Phi) is 18.2. The van der Waals surface area contributed by atoms with E-state index < -0.39 is 5.92 Å². The summed E-state index contributed by atoms with van der Waals surface area (Å²) in [5.74, 6) is -1.89. The first-order valence-electron chi connectivity index (χ1n) is 14.2. The molecule has 2 aliphatic rings. The second-order valence-electron chi connectivity index (χ2n) is 10.5. The zero-order chi connectivity index (χ0) is 28.6. The Morgan fingerprint density at radius 1 is 1.24 bits per heavy atom. The Bertz CT molecular complexity index is 759. The molecule has 3 radical (unpaired) electrons. The van der Waals surface area contributed by atoms with Crippen LogP contribution in [0.3, 0.4) is 0 Å². The van der Waals surface area contributed by atoms with Gasteiger partial charge in [0, 0.05) is 0 Å². The number of pyridine rings is 1. The predicted octanol–water partition coefficient (Wildman–Crippen LogP) is 4.06. The maximum atomic E-state index is 13.5. The molecule has 0 aromatic carbocycles. The van der Waals surface area contributed by atoms with Gasteiger partial charge in [-0.3, -0.25) is 0 Å². The summed E-state index contributed by atoms with van der Waals surface area (Å²) in [6, 6.07) is 2.66. The average Bonchev–Trinajstić information content (AvgIpc) is 2.91. The van der Waals surface area contributed by atoms with Crippen molar-refractivity contribution < 1.29 is 8.78 Å². The number of nitrogens with zero attached hydrogens (tertiary/aromatic N) is 3. The van der Waals surface area contributed by atoms with Crippen LogP contribution in [0.2, 0.25) is 3.48 Å². The molecule has 9 heteroatoms. The number of piperazine rings is 1. The number of aryl methyl sites for hydroxylation is 2. The molecule has 1 saturated carbocycles. The molecule has 1 saturated heterocycles. The zero-order valence-corrected chi connectivity index (χ0v) is 28.0. The number of hydrogen-bond acceptors (Lipinski definition) is 6. The minimum atomic E-state index is -2.41. The molecular weight excluding hydrogens is 678 g/mol. The van der Waals surface area contributed by atoms with Crippen LogP contribution in [0.4, 0.5) is 8.78 Å². The molecule has 5 N–H and O–H groups in total. The van der Waals surface area contributed by atoms with Crippen LogP contribution in [0.15, 0.2) is 25.4 Å². The van der Waals surface area contributed by atoms with E-state index in [1.54, 1.807) is 0 Å². The first kappa shape index (κ1) is 35.5. The molecule has 2 heterocycles. The number of nitrogens with one attached hydrogen (secondary N) is 1. The van der Waals surface area contributed by atoms with Crippen molar-refractivity contribution in [1.29, 1.82) is 0 Å². The van der Waals surface area contributed by atoms with Gasteiger partial charge >= 0.3 is 204 Å². The molecule has 1 aromatic rings. The third-order valence-electron chi connectivity index (χ3n) is 7.53. The molecule has 0 amide bonds. The molecular formula is C29H53F2N6Pb. The molecule has 38 heavy (non-hydrogen) atoms. The third-order valence-corrected chi connectivity index (χ3v) is 10.5. The van der Waals surface area contributed by atoms with Crippen molar-refractivity contribution in [3.63, 3.8) is 0 Å². The number of alkyl halides is 2. The van der Waals surface area contributed by atoms with Crippen LogP contribution < -0.4 is 16.8 Å². The van der Waals surface area contributed by atoms with Crippen molar-refractivity contribution in [2.45, 2.75) is 80.8 Å². The van der Waals surface area contributed by atoms with Crippen LogP contribution in [0.5, 0.6) is 0 Å². The van der Waals surface area contributed by atoms with Crippen LogP contribution in [-0.4, -0.2) is 105 Å². The number of unbranched alkanes of at least 4 members (excludes halogenated alkanes) is 1. The van der Waals surface area contributed by atoms with E-state index in [9.17, 15) is 8.78 Å². The molecule has 2 fully saturated rings. The third kappa shape index (κ3) is 13.2. The normalized spacial score (nSPS) is 20.7. The van der Waals surface area contributed by atoms with E-state index >= 15 is 0 Å². The maximum absolute atomic E-state index is 13.5. The number of rotatable bonds is 12. The Morgan fingerprint density at radius 3 is 2.55 bits per heavy atom. The first-order valence-corrected chi connectivity index (χ1v) is 16.5. The van der Waals surface area contributed by atoms with Crippen molar-refractivity contribution in [2.24, 2.45) is 17.4 Å². The van der Waals surface area contributed by atoms with Gasteiger partial charge in [-0.25, -0.2) is 0 Å². The molecule has 0 spiro atoms. The second-order valence-corrected chi connectivity index (χ2v) is 13.4. The Labute approximate surface area is 247 Å². The average molecular weight is 731 g/mol. The summed E-state index contributed by atoms with van der Waals surface area (Å²) >= 11 is 1.11. The Balaban J connectivity index is 0.00000172. The molecule has 1 aliphatic heterocycles. The van der Waals surface area contributed by atoms with E-state index in [1.165, 1.54) is 30.3 Å². The predicted molar refractivity (Wildman–Crippen MR) is 158 cm³/mol. The monoisotopic (exact) mass is 731 g/mol. The summed E-state index contributed by atoms with van der Waals surface area (Å²) < 4.78 is 27.7. The SMILES string of the molecule is C=C.CN.Cc1cnc(CN(CCCCN)CC2CN(CC[CH]([Pb])C3CCC(F)(F)CC3)CCN2)c(C)c1. The summed E-state index contributed by atoms with van der Waals surface area (Å²) in [5, 5.41) is 3.74. The van der Waals surface area contributed by atoms with E-state index in [2.05, 4.69) is 53.9 Å². The van der Waals surface area contributed by atoms with E-state index in [0.717, 1.165) is 104 Å². The summed E-state index contributed by atoms with van der Waals surface area (Å²) in [4.78, 5) is 9.85. The van der Waals surface area contributed by atoms with E-state index in [-0.39, 0.29) is 12.8 Å².